The van der Waals surface area contributed by atoms with Gasteiger partial charge in [-0.2, -0.15) is 0 Å². The summed E-state index contributed by atoms with van der Waals surface area (Å²) >= 11 is 9.87. The van der Waals surface area contributed by atoms with E-state index in [1.54, 1.807) is 60.7 Å². The first kappa shape index (κ1) is 30.5. The second kappa shape index (κ2) is 12.9. The highest BCUT2D eigenvalue weighted by atomic mass is 35.5. The number of hydrogen-bond donors (Lipinski definition) is 2. The Morgan fingerprint density at radius 3 is 2.67 bits per heavy atom. The Bertz CT molecular complexity index is 2090. The lowest BCUT2D eigenvalue weighted by Crippen LogP contribution is -2.19. The lowest BCUT2D eigenvalue weighted by molar-refractivity contribution is -0.387. The summed E-state index contributed by atoms with van der Waals surface area (Å²) in [5, 5.41) is 18.4. The van der Waals surface area contributed by atoms with Crippen LogP contribution in [0.15, 0.2) is 98.0 Å². The molecule has 9 nitrogen and oxygen atoms in total. The van der Waals surface area contributed by atoms with Gasteiger partial charge in [-0.3, -0.25) is 19.7 Å². The van der Waals surface area contributed by atoms with Crippen LogP contribution in [0.2, 0.25) is 5.02 Å². The Balaban J connectivity index is 1.19. The number of halogens is 1. The van der Waals surface area contributed by atoms with Crippen LogP contribution in [-0.2, 0) is 4.79 Å². The minimum atomic E-state index is -0.450. The number of carbonyl (C=O) groups is 2. The predicted octanol–water partition coefficient (Wildman–Crippen LogP) is 8.77. The number of amides is 2. The van der Waals surface area contributed by atoms with E-state index >= 15 is 0 Å². The molecule has 45 heavy (non-hydrogen) atoms. The number of nitro groups is 1. The number of rotatable bonds is 7. The maximum Gasteiger partial charge on any atom is 0.283 e. The van der Waals surface area contributed by atoms with Gasteiger partial charge in [-0.15, -0.1) is 11.3 Å². The summed E-state index contributed by atoms with van der Waals surface area (Å²) in [7, 11) is 0. The van der Waals surface area contributed by atoms with Gasteiger partial charge in [0, 0.05) is 11.8 Å². The largest absolute Gasteiger partial charge is 0.322 e. The van der Waals surface area contributed by atoms with E-state index in [-0.39, 0.29) is 17.5 Å². The van der Waals surface area contributed by atoms with Crippen LogP contribution in [0.25, 0.3) is 16.3 Å². The van der Waals surface area contributed by atoms with Crippen LogP contribution in [0.5, 0.6) is 0 Å². The number of aromatic nitrogens is 1. The molecule has 6 rings (SSSR count). The number of thiazole rings is 1. The first-order valence-electron chi connectivity index (χ1n) is 13.4. The quantitative estimate of drug-likeness (QED) is 0.101. The number of nitrogens with zero attached hydrogens (tertiary/aromatic N) is 3. The molecule has 1 aliphatic rings. The second-order valence-electron chi connectivity index (χ2n) is 9.93. The third-order valence-electron chi connectivity index (χ3n) is 6.79. The van der Waals surface area contributed by atoms with Crippen molar-refractivity contribution in [1.82, 2.24) is 10.3 Å². The summed E-state index contributed by atoms with van der Waals surface area (Å²) in [4.78, 5) is 46.8. The first-order chi connectivity index (χ1) is 21.6. The van der Waals surface area contributed by atoms with E-state index in [0.717, 1.165) is 21.5 Å². The van der Waals surface area contributed by atoms with Crippen molar-refractivity contribution < 1.29 is 14.5 Å². The standard InChI is InChI=1S/C32H22ClN5O4S3/c1-17-7-9-20(13-18(17)2)35-31-37-30(40)28(43-31)15-19-8-12-26(25(14-19)38(41)42)44-32-36-24-11-10-21(16-27(24)45-32)34-29(39)22-5-3-4-6-23(22)33/h3-16H,1-2H3,(H,34,39)(H,35,37,40)/b28-15-. The van der Waals surface area contributed by atoms with Crippen molar-refractivity contribution in [2.24, 2.45) is 4.99 Å². The third kappa shape index (κ3) is 6.94. The molecule has 224 valence electrons. The highest BCUT2D eigenvalue weighted by Gasteiger charge is 2.25. The number of nitrogens with one attached hydrogen (secondary N) is 2. The van der Waals surface area contributed by atoms with Gasteiger partial charge in [-0.1, -0.05) is 47.6 Å². The Hall–Kier alpha value is -4.49. The molecule has 4 aromatic carbocycles. The molecule has 1 aliphatic heterocycles. The average Bonchev–Trinajstić information content (AvgIpc) is 3.56. The number of carbonyl (C=O) groups excluding carboxylic acids is 2. The van der Waals surface area contributed by atoms with Crippen molar-refractivity contribution in [1.29, 1.82) is 0 Å². The van der Waals surface area contributed by atoms with E-state index in [0.29, 0.717) is 46.7 Å². The van der Waals surface area contributed by atoms with Gasteiger partial charge in [0.2, 0.25) is 0 Å². The second-order valence-corrected chi connectivity index (χ2v) is 13.7. The maximum atomic E-state index is 12.7. The summed E-state index contributed by atoms with van der Waals surface area (Å²) in [5.74, 6) is -0.649. The third-order valence-corrected chi connectivity index (χ3v) is 10.2. The summed E-state index contributed by atoms with van der Waals surface area (Å²) in [5.41, 5.74) is 5.03. The van der Waals surface area contributed by atoms with Crippen LogP contribution >= 0.6 is 46.5 Å². The minimum absolute atomic E-state index is 0.103. The number of amidine groups is 1. The van der Waals surface area contributed by atoms with Crippen LogP contribution in [0.3, 0.4) is 0 Å². The molecule has 0 atom stereocenters. The van der Waals surface area contributed by atoms with E-state index in [4.69, 9.17) is 11.6 Å². The predicted molar refractivity (Wildman–Crippen MR) is 183 cm³/mol. The summed E-state index contributed by atoms with van der Waals surface area (Å²) in [6.45, 7) is 4.02. The molecule has 0 saturated carbocycles. The van der Waals surface area contributed by atoms with Crippen molar-refractivity contribution in [3.05, 3.63) is 121 Å². The molecular weight excluding hydrogens is 650 g/mol. The number of anilines is 1. The summed E-state index contributed by atoms with van der Waals surface area (Å²) in [6.07, 6.45) is 1.61. The van der Waals surface area contributed by atoms with Crippen LogP contribution in [0, 0.1) is 24.0 Å². The SMILES string of the molecule is Cc1ccc(N=C2NC(=O)/C(=C/c3ccc(Sc4nc5ccc(NC(=O)c6ccccc6Cl)cc5s4)c([N+](=O)[O-])c3)S2)cc1C. The summed E-state index contributed by atoms with van der Waals surface area (Å²) < 4.78 is 1.41. The van der Waals surface area contributed by atoms with Crippen molar-refractivity contribution in [2.45, 2.75) is 23.1 Å². The molecule has 0 spiro atoms. The van der Waals surface area contributed by atoms with Gasteiger partial charge in [-0.05, 0) is 96.9 Å². The normalized spacial score (nSPS) is 14.7. The Kier molecular flexibility index (Phi) is 8.72. The molecule has 1 fully saturated rings. The van der Waals surface area contributed by atoms with E-state index in [2.05, 4.69) is 20.6 Å². The van der Waals surface area contributed by atoms with Crippen molar-refractivity contribution in [3.63, 3.8) is 0 Å². The lowest BCUT2D eigenvalue weighted by Gasteiger charge is -2.06. The van der Waals surface area contributed by atoms with Crippen LogP contribution in [0.1, 0.15) is 27.0 Å². The topological polar surface area (TPSA) is 127 Å². The van der Waals surface area contributed by atoms with E-state index in [9.17, 15) is 19.7 Å². The number of hydrogen-bond acceptors (Lipinski definition) is 9. The Morgan fingerprint density at radius 2 is 1.89 bits per heavy atom. The molecular formula is C32H22ClN5O4S3. The Labute approximate surface area is 275 Å². The molecule has 1 saturated heterocycles. The fourth-order valence-corrected chi connectivity index (χ4v) is 7.57. The number of nitro benzene ring substituents is 1. The zero-order valence-electron chi connectivity index (χ0n) is 23.7. The highest BCUT2D eigenvalue weighted by molar-refractivity contribution is 8.18. The molecule has 13 heteroatoms. The van der Waals surface area contributed by atoms with Gasteiger partial charge in [0.15, 0.2) is 9.51 Å². The maximum absolute atomic E-state index is 12.7. The van der Waals surface area contributed by atoms with Crippen LogP contribution in [0.4, 0.5) is 17.1 Å². The van der Waals surface area contributed by atoms with Crippen molar-refractivity contribution in [3.8, 4) is 0 Å². The first-order valence-corrected chi connectivity index (χ1v) is 16.3. The number of thioether (sulfide) groups is 1. The van der Waals surface area contributed by atoms with E-state index in [1.807, 2.05) is 32.0 Å². The Morgan fingerprint density at radius 1 is 1.07 bits per heavy atom. The number of aryl methyl sites for hydroxylation is 2. The molecule has 0 aliphatic carbocycles. The van der Waals surface area contributed by atoms with Gasteiger partial charge in [0.1, 0.15) is 0 Å². The average molecular weight is 672 g/mol. The fourth-order valence-electron chi connectivity index (χ4n) is 4.36. The molecule has 2 amide bonds. The molecule has 0 unspecified atom stereocenters. The molecule has 2 N–H and O–H groups in total. The number of benzene rings is 4. The fraction of sp³-hybridized carbons (Fsp3) is 0.0625. The molecule has 0 radical (unpaired) electrons. The van der Waals surface area contributed by atoms with Gasteiger partial charge in [0.05, 0.1) is 41.2 Å². The molecule has 0 bridgehead atoms. The lowest BCUT2D eigenvalue weighted by atomic mass is 10.1. The smallest absolute Gasteiger partial charge is 0.283 e. The van der Waals surface area contributed by atoms with E-state index < -0.39 is 4.92 Å². The van der Waals surface area contributed by atoms with Crippen LogP contribution in [-0.4, -0.2) is 26.9 Å². The minimum Gasteiger partial charge on any atom is -0.322 e. The zero-order valence-corrected chi connectivity index (χ0v) is 26.9. The number of fused-ring (bicyclic) bond motifs is 1. The van der Waals surface area contributed by atoms with Crippen molar-refractivity contribution in [2.75, 3.05) is 5.32 Å². The molecule has 5 aromatic rings. The van der Waals surface area contributed by atoms with Gasteiger partial charge >= 0.3 is 0 Å². The summed E-state index contributed by atoms with van der Waals surface area (Å²) in [6, 6.07) is 22.7. The van der Waals surface area contributed by atoms with Gasteiger partial charge in [-0.25, -0.2) is 9.98 Å². The zero-order chi connectivity index (χ0) is 31.7. The molecule has 2 heterocycles. The monoisotopic (exact) mass is 671 g/mol. The van der Waals surface area contributed by atoms with Crippen molar-refractivity contribution >= 4 is 96.8 Å². The van der Waals surface area contributed by atoms with Gasteiger partial charge in [0.25, 0.3) is 17.5 Å². The van der Waals surface area contributed by atoms with Crippen LogP contribution < -0.4 is 10.6 Å². The molecule has 1 aromatic heterocycles. The van der Waals surface area contributed by atoms with Gasteiger partial charge < -0.3 is 10.6 Å². The van der Waals surface area contributed by atoms with E-state index in [1.165, 1.54) is 40.9 Å². The highest BCUT2D eigenvalue weighted by Crippen LogP contribution is 2.40. The number of aliphatic imine (C=N–C) groups is 1.